The maximum atomic E-state index is 13.1. The number of H-pyrrole nitrogens is 1. The van der Waals surface area contributed by atoms with Crippen molar-refractivity contribution in [3.8, 4) is 17.3 Å². The summed E-state index contributed by atoms with van der Waals surface area (Å²) in [6.45, 7) is 0.560. The van der Waals surface area contributed by atoms with Gasteiger partial charge < -0.3 is 10.7 Å². The lowest BCUT2D eigenvalue weighted by Crippen LogP contribution is -2.04. The highest BCUT2D eigenvalue weighted by molar-refractivity contribution is 5.91. The van der Waals surface area contributed by atoms with Gasteiger partial charge in [-0.2, -0.15) is 18.4 Å². The molecule has 0 aliphatic carbocycles. The standard InChI is InChI=1S/C20H18F3N3/c21-20(22,23)15-5-3-4-14(11-15)19-16(6-1-2-9-24)17-10-13(12-25)7-8-18(17)26-19/h3-5,7-8,10-11,26H,1-2,6,9,24H2. The van der Waals surface area contributed by atoms with E-state index in [-0.39, 0.29) is 0 Å². The second-order valence-electron chi connectivity index (χ2n) is 6.18. The maximum absolute atomic E-state index is 13.1. The van der Waals surface area contributed by atoms with Crippen LogP contribution in [-0.4, -0.2) is 11.5 Å². The summed E-state index contributed by atoms with van der Waals surface area (Å²) in [6.07, 6.45) is -2.06. The van der Waals surface area contributed by atoms with Crippen LogP contribution in [0.1, 0.15) is 29.5 Å². The minimum Gasteiger partial charge on any atom is -0.354 e. The van der Waals surface area contributed by atoms with Gasteiger partial charge in [0, 0.05) is 16.6 Å². The molecule has 1 heterocycles. The first-order valence-electron chi connectivity index (χ1n) is 8.36. The Morgan fingerprint density at radius 3 is 2.58 bits per heavy atom. The molecule has 3 aromatic rings. The van der Waals surface area contributed by atoms with Crippen LogP contribution in [0.4, 0.5) is 13.2 Å². The third-order valence-electron chi connectivity index (χ3n) is 4.39. The Bertz CT molecular complexity index is 965. The van der Waals surface area contributed by atoms with E-state index in [2.05, 4.69) is 11.1 Å². The Hall–Kier alpha value is -2.78. The molecule has 6 heteroatoms. The van der Waals surface area contributed by atoms with Crippen molar-refractivity contribution >= 4 is 10.9 Å². The summed E-state index contributed by atoms with van der Waals surface area (Å²) < 4.78 is 39.2. The molecule has 3 rings (SSSR count). The molecular formula is C20H18F3N3. The maximum Gasteiger partial charge on any atom is 0.416 e. The molecule has 3 nitrogen and oxygen atoms in total. The van der Waals surface area contributed by atoms with Crippen LogP contribution in [0.25, 0.3) is 22.2 Å². The number of unbranched alkanes of at least 4 members (excludes halogenated alkanes) is 1. The number of nitrogens with zero attached hydrogens (tertiary/aromatic N) is 1. The van der Waals surface area contributed by atoms with Crippen molar-refractivity contribution in [2.75, 3.05) is 6.54 Å². The van der Waals surface area contributed by atoms with Crippen LogP contribution in [0.15, 0.2) is 42.5 Å². The van der Waals surface area contributed by atoms with Crippen molar-refractivity contribution in [3.63, 3.8) is 0 Å². The molecule has 0 atom stereocenters. The first-order chi connectivity index (χ1) is 12.4. The van der Waals surface area contributed by atoms with Gasteiger partial charge in [-0.1, -0.05) is 12.1 Å². The smallest absolute Gasteiger partial charge is 0.354 e. The quantitative estimate of drug-likeness (QED) is 0.631. The molecule has 0 bridgehead atoms. The topological polar surface area (TPSA) is 65.6 Å². The zero-order valence-corrected chi connectivity index (χ0v) is 14.0. The summed E-state index contributed by atoms with van der Waals surface area (Å²) in [6, 6.07) is 12.7. The van der Waals surface area contributed by atoms with Crippen molar-refractivity contribution in [2.24, 2.45) is 5.73 Å². The van der Waals surface area contributed by atoms with Crippen molar-refractivity contribution in [3.05, 3.63) is 59.2 Å². The Morgan fingerprint density at radius 1 is 1.08 bits per heavy atom. The summed E-state index contributed by atoms with van der Waals surface area (Å²) >= 11 is 0. The number of aryl methyl sites for hydroxylation is 1. The molecule has 0 unspecified atom stereocenters. The molecule has 0 saturated carbocycles. The van der Waals surface area contributed by atoms with Crippen LogP contribution in [0, 0.1) is 11.3 Å². The fraction of sp³-hybridized carbons (Fsp3) is 0.250. The number of rotatable bonds is 5. The average Bonchev–Trinajstić information content (AvgIpc) is 2.99. The van der Waals surface area contributed by atoms with E-state index in [0.29, 0.717) is 29.8 Å². The van der Waals surface area contributed by atoms with Crippen LogP contribution in [0.3, 0.4) is 0 Å². The molecular weight excluding hydrogens is 339 g/mol. The van der Waals surface area contributed by atoms with E-state index in [9.17, 15) is 13.2 Å². The summed E-state index contributed by atoms with van der Waals surface area (Å²) in [5.41, 5.74) is 8.28. The molecule has 0 spiro atoms. The number of benzene rings is 2. The Balaban J connectivity index is 2.15. The Labute approximate surface area is 149 Å². The van der Waals surface area contributed by atoms with E-state index in [1.807, 2.05) is 0 Å². The summed E-state index contributed by atoms with van der Waals surface area (Å²) in [5.74, 6) is 0. The van der Waals surface area contributed by atoms with Crippen LogP contribution in [0.5, 0.6) is 0 Å². The second-order valence-corrected chi connectivity index (χ2v) is 6.18. The first-order valence-corrected chi connectivity index (χ1v) is 8.36. The Morgan fingerprint density at radius 2 is 1.88 bits per heavy atom. The highest BCUT2D eigenvalue weighted by atomic mass is 19.4. The fourth-order valence-electron chi connectivity index (χ4n) is 3.12. The number of fused-ring (bicyclic) bond motifs is 1. The van der Waals surface area contributed by atoms with Gasteiger partial charge in [0.2, 0.25) is 0 Å². The summed E-state index contributed by atoms with van der Waals surface area (Å²) in [4.78, 5) is 3.23. The Kier molecular flexibility index (Phi) is 5.01. The molecule has 0 aliphatic heterocycles. The normalized spacial score (nSPS) is 11.7. The van der Waals surface area contributed by atoms with Gasteiger partial charge in [-0.25, -0.2) is 0 Å². The van der Waals surface area contributed by atoms with Gasteiger partial charge in [0.1, 0.15) is 0 Å². The van der Waals surface area contributed by atoms with E-state index < -0.39 is 11.7 Å². The molecule has 3 N–H and O–H groups in total. The first kappa shape index (κ1) is 18.0. The van der Waals surface area contributed by atoms with Crippen molar-refractivity contribution in [1.29, 1.82) is 5.26 Å². The van der Waals surface area contributed by atoms with Gasteiger partial charge in [0.05, 0.1) is 17.2 Å². The number of alkyl halides is 3. The van der Waals surface area contributed by atoms with Crippen LogP contribution in [-0.2, 0) is 12.6 Å². The van der Waals surface area contributed by atoms with Crippen molar-refractivity contribution in [2.45, 2.75) is 25.4 Å². The van der Waals surface area contributed by atoms with Gasteiger partial charge in [0.15, 0.2) is 0 Å². The zero-order valence-electron chi connectivity index (χ0n) is 14.0. The highest BCUT2D eigenvalue weighted by Gasteiger charge is 2.30. The van der Waals surface area contributed by atoms with Crippen LogP contribution < -0.4 is 5.73 Å². The molecule has 2 aromatic carbocycles. The van der Waals surface area contributed by atoms with Crippen molar-refractivity contribution in [1.82, 2.24) is 4.98 Å². The predicted molar refractivity (Wildman–Crippen MR) is 95.4 cm³/mol. The lowest BCUT2D eigenvalue weighted by atomic mass is 9.98. The number of nitrogens with one attached hydrogen (secondary N) is 1. The average molecular weight is 357 g/mol. The lowest BCUT2D eigenvalue weighted by molar-refractivity contribution is -0.137. The number of nitriles is 1. The number of nitrogens with two attached hydrogens (primary N) is 1. The van der Waals surface area contributed by atoms with Crippen molar-refractivity contribution < 1.29 is 13.2 Å². The molecule has 26 heavy (non-hydrogen) atoms. The minimum atomic E-state index is -4.39. The lowest BCUT2D eigenvalue weighted by Gasteiger charge is -2.10. The number of aromatic nitrogens is 1. The highest BCUT2D eigenvalue weighted by Crippen LogP contribution is 2.36. The number of halogens is 3. The number of hydrogen-bond donors (Lipinski definition) is 2. The molecule has 134 valence electrons. The summed E-state index contributed by atoms with van der Waals surface area (Å²) in [5, 5.41) is 10.0. The molecule has 0 aliphatic rings. The molecule has 0 radical (unpaired) electrons. The van der Waals surface area contributed by atoms with E-state index in [4.69, 9.17) is 11.0 Å². The van der Waals surface area contributed by atoms with Gasteiger partial charge in [-0.05, 0) is 67.3 Å². The fourth-order valence-corrected chi connectivity index (χ4v) is 3.12. The molecule has 0 fully saturated rings. The third-order valence-corrected chi connectivity index (χ3v) is 4.39. The largest absolute Gasteiger partial charge is 0.416 e. The molecule has 0 amide bonds. The number of aromatic amines is 1. The third kappa shape index (κ3) is 3.58. The molecule has 1 aromatic heterocycles. The monoisotopic (exact) mass is 357 g/mol. The van der Waals surface area contributed by atoms with Crippen LogP contribution >= 0.6 is 0 Å². The van der Waals surface area contributed by atoms with Gasteiger partial charge in [-0.15, -0.1) is 0 Å². The van der Waals surface area contributed by atoms with Gasteiger partial charge in [-0.3, -0.25) is 0 Å². The van der Waals surface area contributed by atoms with E-state index in [1.54, 1.807) is 24.3 Å². The summed E-state index contributed by atoms with van der Waals surface area (Å²) in [7, 11) is 0. The predicted octanol–water partition coefficient (Wildman–Crippen LogP) is 5.01. The van der Waals surface area contributed by atoms with Gasteiger partial charge >= 0.3 is 6.18 Å². The SMILES string of the molecule is N#Cc1ccc2[nH]c(-c3cccc(C(F)(F)F)c3)c(CCCCN)c2c1. The van der Waals surface area contributed by atoms with E-state index in [1.165, 1.54) is 6.07 Å². The molecule has 0 saturated heterocycles. The van der Waals surface area contributed by atoms with E-state index in [0.717, 1.165) is 41.4 Å². The minimum absolute atomic E-state index is 0.484. The van der Waals surface area contributed by atoms with E-state index >= 15 is 0 Å². The number of hydrogen-bond acceptors (Lipinski definition) is 2. The van der Waals surface area contributed by atoms with Gasteiger partial charge in [0.25, 0.3) is 0 Å². The van der Waals surface area contributed by atoms with Crippen LogP contribution in [0.2, 0.25) is 0 Å². The second kappa shape index (κ2) is 7.22. The zero-order chi connectivity index (χ0) is 18.7.